The highest BCUT2D eigenvalue weighted by Gasteiger charge is 2.15. The van der Waals surface area contributed by atoms with Crippen molar-refractivity contribution in [1.82, 2.24) is 25.8 Å². The lowest BCUT2D eigenvalue weighted by Gasteiger charge is -2.27. The van der Waals surface area contributed by atoms with Gasteiger partial charge in [0.15, 0.2) is 6.29 Å². The van der Waals surface area contributed by atoms with Crippen molar-refractivity contribution in [2.75, 3.05) is 72.3 Å². The number of hydrogen-bond acceptors (Lipinski definition) is 8. The summed E-state index contributed by atoms with van der Waals surface area (Å²) < 4.78 is 12.0. The molecule has 10 nitrogen and oxygen atoms in total. The first-order valence-corrected chi connectivity index (χ1v) is 14.5. The first-order valence-electron chi connectivity index (χ1n) is 14.1. The Hall–Kier alpha value is -3.57. The molecule has 2 heterocycles. The van der Waals surface area contributed by atoms with Crippen molar-refractivity contribution in [1.29, 1.82) is 0 Å². The van der Waals surface area contributed by atoms with E-state index >= 15 is 0 Å². The van der Waals surface area contributed by atoms with Gasteiger partial charge in [0.05, 0.1) is 11.4 Å². The number of nitrogens with zero attached hydrogens (tertiary/aromatic N) is 2. The fraction of sp³-hybridized carbons (Fsp3) is 0.419. The van der Waals surface area contributed by atoms with E-state index in [2.05, 4.69) is 26.2 Å². The van der Waals surface area contributed by atoms with Gasteiger partial charge in [0, 0.05) is 70.0 Å². The lowest BCUT2D eigenvalue weighted by Crippen LogP contribution is -2.44. The van der Waals surface area contributed by atoms with E-state index in [0.717, 1.165) is 55.7 Å². The third-order valence-electron chi connectivity index (χ3n) is 6.72. The summed E-state index contributed by atoms with van der Waals surface area (Å²) in [6.07, 6.45) is 4.46. The largest absolute Gasteiger partial charge is 0.490 e. The summed E-state index contributed by atoms with van der Waals surface area (Å²) in [6.45, 7) is 10.0. The van der Waals surface area contributed by atoms with Crippen molar-refractivity contribution in [3.63, 3.8) is 0 Å². The number of carbonyl (C=O) groups is 2. The molecule has 4 rings (SSSR count). The van der Waals surface area contributed by atoms with Crippen LogP contribution in [0.1, 0.15) is 16.7 Å². The maximum Gasteiger partial charge on any atom is 0.319 e. The van der Waals surface area contributed by atoms with Gasteiger partial charge >= 0.3 is 6.03 Å². The number of benzene rings is 2. The minimum atomic E-state index is -0.343. The van der Waals surface area contributed by atoms with E-state index in [9.17, 15) is 9.59 Å². The summed E-state index contributed by atoms with van der Waals surface area (Å²) in [5.74, 6) is 1.87. The number of rotatable bonds is 10. The van der Waals surface area contributed by atoms with E-state index in [-0.39, 0.29) is 6.03 Å². The predicted octanol–water partition coefficient (Wildman–Crippen LogP) is 3.69. The Morgan fingerprint density at radius 2 is 1.83 bits per heavy atom. The molecule has 2 aliphatic rings. The fourth-order valence-electron chi connectivity index (χ4n) is 4.35. The number of nitrogens with one attached hydrogen (secondary N) is 4. The summed E-state index contributed by atoms with van der Waals surface area (Å²) in [7, 11) is 5.60. The van der Waals surface area contributed by atoms with Gasteiger partial charge in [-0.1, -0.05) is 23.7 Å². The molecule has 2 amide bonds. The van der Waals surface area contributed by atoms with Gasteiger partial charge in [0.25, 0.3) is 0 Å². The van der Waals surface area contributed by atoms with Crippen LogP contribution >= 0.6 is 11.6 Å². The zero-order valence-corrected chi connectivity index (χ0v) is 25.9. The van der Waals surface area contributed by atoms with Crippen LogP contribution in [0.5, 0.6) is 11.5 Å². The van der Waals surface area contributed by atoms with Gasteiger partial charge in [-0.05, 0) is 62.8 Å². The number of urea groups is 1. The van der Waals surface area contributed by atoms with Crippen molar-refractivity contribution in [2.45, 2.75) is 20.4 Å². The Bertz CT molecular complexity index is 1280. The minimum Gasteiger partial charge on any atom is -0.490 e. The van der Waals surface area contributed by atoms with Crippen LogP contribution in [0.4, 0.5) is 10.5 Å². The molecule has 2 aromatic carbocycles. The van der Waals surface area contributed by atoms with E-state index < -0.39 is 0 Å². The van der Waals surface area contributed by atoms with Gasteiger partial charge in [-0.25, -0.2) is 4.79 Å². The highest BCUT2D eigenvalue weighted by atomic mass is 35.5. The molecule has 4 N–H and O–H groups in total. The van der Waals surface area contributed by atoms with Crippen LogP contribution in [0.3, 0.4) is 0 Å². The topological polar surface area (TPSA) is 107 Å². The zero-order valence-electron chi connectivity index (χ0n) is 25.2. The van der Waals surface area contributed by atoms with Crippen LogP contribution in [-0.2, 0) is 11.3 Å². The Kier molecular flexibility index (Phi) is 13.1. The third-order valence-corrected chi connectivity index (χ3v) is 7.13. The smallest absolute Gasteiger partial charge is 0.319 e. The molecule has 2 aliphatic heterocycles. The highest BCUT2D eigenvalue weighted by Crippen LogP contribution is 2.31. The van der Waals surface area contributed by atoms with E-state index in [4.69, 9.17) is 21.1 Å². The van der Waals surface area contributed by atoms with Crippen LogP contribution in [-0.4, -0.2) is 89.1 Å². The Morgan fingerprint density at radius 1 is 1.10 bits per heavy atom. The maximum absolute atomic E-state index is 12.8. The number of hydrogen-bond donors (Lipinski definition) is 4. The molecule has 0 unspecified atom stereocenters. The van der Waals surface area contributed by atoms with E-state index in [1.54, 1.807) is 12.1 Å². The average molecular weight is 599 g/mol. The number of carbonyl (C=O) groups excluding carboxylic acids is 2. The van der Waals surface area contributed by atoms with Crippen molar-refractivity contribution in [2.24, 2.45) is 0 Å². The van der Waals surface area contributed by atoms with Gasteiger partial charge in [0.2, 0.25) is 0 Å². The highest BCUT2D eigenvalue weighted by molar-refractivity contribution is 6.31. The van der Waals surface area contributed by atoms with E-state index in [1.807, 2.05) is 70.2 Å². The fourth-order valence-corrected chi connectivity index (χ4v) is 4.51. The monoisotopic (exact) mass is 598 g/mol. The maximum atomic E-state index is 12.8. The predicted molar refractivity (Wildman–Crippen MR) is 169 cm³/mol. The molecule has 42 heavy (non-hydrogen) atoms. The standard InChI is InChI=1S/C29H36ClN5O4.C2H7N/c1-20-15-26(28(17-25(20)30)38-13-12-35-10-7-31-8-11-35)33-29(37)32-18-22-4-5-27(21(2)14-22)39-24-6-9-34(3)23(16-24)19-36;1-3-2/h4-6,14-17,19,31H,7-13,18H2,1-3H3,(H2,32,33,37);3H,1-2H3. The summed E-state index contributed by atoms with van der Waals surface area (Å²) in [5, 5.41) is 12.5. The first kappa shape index (κ1) is 32.9. The first-order chi connectivity index (χ1) is 20.2. The van der Waals surface area contributed by atoms with Gasteiger partial charge < -0.3 is 35.6 Å². The third kappa shape index (κ3) is 10.1. The number of allylic oxidation sites excluding steroid dienone is 2. The summed E-state index contributed by atoms with van der Waals surface area (Å²) in [5.41, 5.74) is 3.84. The van der Waals surface area contributed by atoms with E-state index in [0.29, 0.717) is 53.4 Å². The number of aldehydes is 1. The second-order valence-electron chi connectivity index (χ2n) is 10.2. The van der Waals surface area contributed by atoms with Crippen LogP contribution in [0.15, 0.2) is 53.9 Å². The number of piperazine rings is 1. The second-order valence-corrected chi connectivity index (χ2v) is 10.6. The zero-order chi connectivity index (χ0) is 30.5. The quantitative estimate of drug-likeness (QED) is 0.307. The average Bonchev–Trinajstić information content (AvgIpc) is 2.97. The Morgan fingerprint density at radius 3 is 2.52 bits per heavy atom. The molecular formula is C31H43ClN6O4. The SMILES string of the molecule is CNC.Cc1cc(NC(=O)NCc2ccc(OC3=CCN(C)C(C=O)=C3)c(C)c2)c(OCCN2CCNCC2)cc1Cl. The van der Waals surface area contributed by atoms with Crippen molar-refractivity contribution < 1.29 is 19.1 Å². The summed E-state index contributed by atoms with van der Waals surface area (Å²) in [6, 6.07) is 8.96. The van der Waals surface area contributed by atoms with Gasteiger partial charge in [-0.3, -0.25) is 9.69 Å². The lowest BCUT2D eigenvalue weighted by molar-refractivity contribution is -0.106. The van der Waals surface area contributed by atoms with Crippen LogP contribution in [0.25, 0.3) is 0 Å². The lowest BCUT2D eigenvalue weighted by atomic mass is 10.1. The van der Waals surface area contributed by atoms with Gasteiger partial charge in [0.1, 0.15) is 23.9 Å². The molecule has 0 bridgehead atoms. The van der Waals surface area contributed by atoms with Crippen molar-refractivity contribution in [3.8, 4) is 11.5 Å². The Labute approximate surface area is 254 Å². The molecule has 2 aromatic rings. The molecule has 0 aliphatic carbocycles. The normalized spacial score (nSPS) is 15.0. The van der Waals surface area contributed by atoms with Crippen molar-refractivity contribution in [3.05, 3.63) is 75.7 Å². The summed E-state index contributed by atoms with van der Waals surface area (Å²) >= 11 is 6.34. The molecule has 0 spiro atoms. The molecule has 1 fully saturated rings. The van der Waals surface area contributed by atoms with E-state index in [1.165, 1.54) is 0 Å². The number of ether oxygens (including phenoxy) is 2. The number of aryl methyl sites for hydroxylation is 2. The minimum absolute atomic E-state index is 0.335. The number of anilines is 1. The number of halogens is 1. The Balaban J connectivity index is 0.00000155. The van der Waals surface area contributed by atoms with Crippen LogP contribution in [0.2, 0.25) is 5.02 Å². The number of amides is 2. The van der Waals surface area contributed by atoms with Gasteiger partial charge in [-0.15, -0.1) is 0 Å². The van der Waals surface area contributed by atoms with Crippen LogP contribution < -0.4 is 30.7 Å². The van der Waals surface area contributed by atoms with Gasteiger partial charge in [-0.2, -0.15) is 0 Å². The molecule has 0 saturated carbocycles. The summed E-state index contributed by atoms with van der Waals surface area (Å²) in [4.78, 5) is 28.2. The molecule has 1 saturated heterocycles. The number of likely N-dealkylation sites (N-methyl/N-ethyl adjacent to an activating group) is 1. The molecule has 0 atom stereocenters. The molecule has 0 aromatic heterocycles. The molecular weight excluding hydrogens is 556 g/mol. The van der Waals surface area contributed by atoms with Crippen LogP contribution in [0, 0.1) is 13.8 Å². The molecule has 11 heteroatoms. The molecule has 228 valence electrons. The van der Waals surface area contributed by atoms with Crippen molar-refractivity contribution >= 4 is 29.6 Å². The second kappa shape index (κ2) is 16.8. The molecule has 0 radical (unpaired) electrons.